The Morgan fingerprint density at radius 3 is 2.54 bits per heavy atom. The number of rotatable bonds is 5. The van der Waals surface area contributed by atoms with Gasteiger partial charge in [0.1, 0.15) is 17.2 Å². The molecule has 1 aromatic heterocycles. The van der Waals surface area contributed by atoms with E-state index in [9.17, 15) is 14.0 Å². The molecule has 3 heterocycles. The maximum atomic E-state index is 15.4. The highest BCUT2D eigenvalue weighted by atomic mass is 19.1. The first kappa shape index (κ1) is 20.7. The number of amides is 2. The van der Waals surface area contributed by atoms with Gasteiger partial charge in [-0.1, -0.05) is 12.1 Å². The molecule has 178 valence electrons. The number of fused-ring (bicyclic) bond motifs is 1. The SMILES string of the molecule is O=C(N1CC(CN2C(=O)C3(CC3)N=C2c2ccc(-c3ccc4[nH]ncc4c3)cc2F)C1)C1(F)CC1. The lowest BCUT2D eigenvalue weighted by Crippen LogP contribution is -2.57. The molecule has 1 spiro atoms. The number of carbonyl (C=O) groups is 2. The molecule has 1 N–H and O–H groups in total. The summed E-state index contributed by atoms with van der Waals surface area (Å²) in [4.78, 5) is 33.1. The second kappa shape index (κ2) is 6.96. The Morgan fingerprint density at radius 2 is 1.83 bits per heavy atom. The summed E-state index contributed by atoms with van der Waals surface area (Å²) < 4.78 is 29.5. The average Bonchev–Trinajstić information content (AvgIpc) is 3.70. The van der Waals surface area contributed by atoms with Crippen LogP contribution in [0.5, 0.6) is 0 Å². The summed E-state index contributed by atoms with van der Waals surface area (Å²) >= 11 is 0. The highest BCUT2D eigenvalue weighted by Crippen LogP contribution is 2.47. The van der Waals surface area contributed by atoms with Crippen molar-refractivity contribution in [3.63, 3.8) is 0 Å². The number of aliphatic imine (C=N–C) groups is 1. The lowest BCUT2D eigenvalue weighted by molar-refractivity contribution is -0.145. The predicted molar refractivity (Wildman–Crippen MR) is 125 cm³/mol. The molecule has 0 radical (unpaired) electrons. The molecule has 2 aromatic carbocycles. The van der Waals surface area contributed by atoms with Crippen molar-refractivity contribution in [1.82, 2.24) is 20.0 Å². The molecular formula is C26H23F2N5O2. The monoisotopic (exact) mass is 475 g/mol. The zero-order chi connectivity index (χ0) is 23.9. The summed E-state index contributed by atoms with van der Waals surface area (Å²) in [6.45, 7) is 1.17. The first-order chi connectivity index (χ1) is 16.9. The highest BCUT2D eigenvalue weighted by Gasteiger charge is 2.59. The number of aromatic amines is 1. The van der Waals surface area contributed by atoms with Crippen molar-refractivity contribution in [3.05, 3.63) is 54.0 Å². The number of hydrogen-bond donors (Lipinski definition) is 1. The fraction of sp³-hybridized carbons (Fsp3) is 0.385. The first-order valence-electron chi connectivity index (χ1n) is 12.0. The minimum absolute atomic E-state index is 0.0216. The van der Waals surface area contributed by atoms with E-state index in [1.165, 1.54) is 11.0 Å². The van der Waals surface area contributed by atoms with Crippen LogP contribution in [-0.2, 0) is 9.59 Å². The first-order valence-corrected chi connectivity index (χ1v) is 12.0. The maximum absolute atomic E-state index is 15.4. The lowest BCUT2D eigenvalue weighted by Gasteiger charge is -2.41. The third kappa shape index (κ3) is 3.20. The fourth-order valence-electron chi connectivity index (χ4n) is 5.19. The summed E-state index contributed by atoms with van der Waals surface area (Å²) in [7, 11) is 0. The van der Waals surface area contributed by atoms with Gasteiger partial charge in [-0.2, -0.15) is 5.10 Å². The molecule has 2 aliphatic carbocycles. The van der Waals surface area contributed by atoms with Crippen molar-refractivity contribution in [3.8, 4) is 11.1 Å². The van der Waals surface area contributed by atoms with E-state index in [-0.39, 0.29) is 11.8 Å². The number of hydrogen-bond acceptors (Lipinski definition) is 4. The van der Waals surface area contributed by atoms with Crippen molar-refractivity contribution >= 4 is 28.6 Å². The molecule has 1 saturated heterocycles. The molecule has 3 fully saturated rings. The minimum Gasteiger partial charge on any atom is -0.339 e. The average molecular weight is 475 g/mol. The standard InChI is InChI=1S/C26H23F2N5O2/c27-20-10-17(16-2-4-21-18(9-16)11-29-31-21)1-3-19(20)22-30-26(7-8-26)24(35)33(22)14-15-12-32(13-15)23(34)25(28)5-6-25/h1-4,9-11,15H,5-8,12-14H2,(H,29,31). The predicted octanol–water partition coefficient (Wildman–Crippen LogP) is 3.45. The molecule has 7 rings (SSSR count). The number of nitrogens with zero attached hydrogens (tertiary/aromatic N) is 4. The molecule has 0 bridgehead atoms. The van der Waals surface area contributed by atoms with E-state index in [4.69, 9.17) is 0 Å². The molecule has 35 heavy (non-hydrogen) atoms. The molecule has 7 nitrogen and oxygen atoms in total. The van der Waals surface area contributed by atoms with Crippen LogP contribution in [0, 0.1) is 11.7 Å². The molecule has 0 unspecified atom stereocenters. The maximum Gasteiger partial charge on any atom is 0.260 e. The number of alkyl halides is 1. The van der Waals surface area contributed by atoms with Crippen molar-refractivity contribution in [1.29, 1.82) is 0 Å². The van der Waals surface area contributed by atoms with E-state index in [1.54, 1.807) is 17.2 Å². The Kier molecular flexibility index (Phi) is 4.12. The lowest BCUT2D eigenvalue weighted by atomic mass is 9.97. The molecule has 4 aliphatic rings. The molecule has 3 aromatic rings. The van der Waals surface area contributed by atoms with Gasteiger partial charge in [-0.05, 0) is 61.1 Å². The molecule has 9 heteroatoms. The van der Waals surface area contributed by atoms with Crippen molar-refractivity contribution < 1.29 is 18.4 Å². The number of likely N-dealkylation sites (tertiary alicyclic amines) is 1. The summed E-state index contributed by atoms with van der Waals surface area (Å²) in [5.41, 5.74) is 0.355. The van der Waals surface area contributed by atoms with Gasteiger partial charge in [0.2, 0.25) is 0 Å². The number of nitrogens with one attached hydrogen (secondary N) is 1. The van der Waals surface area contributed by atoms with Crippen LogP contribution in [-0.4, -0.2) is 68.5 Å². The van der Waals surface area contributed by atoms with Crippen molar-refractivity contribution in [2.45, 2.75) is 36.9 Å². The number of H-pyrrole nitrogens is 1. The Labute approximate surface area is 199 Å². The van der Waals surface area contributed by atoms with Crippen molar-refractivity contribution in [2.24, 2.45) is 10.9 Å². The zero-order valence-corrected chi connectivity index (χ0v) is 18.9. The summed E-state index contributed by atoms with van der Waals surface area (Å²) in [5, 5.41) is 7.87. The summed E-state index contributed by atoms with van der Waals surface area (Å²) in [6, 6.07) is 10.7. The molecule has 2 amide bonds. The quantitative estimate of drug-likeness (QED) is 0.614. The molecule has 2 saturated carbocycles. The Bertz CT molecular complexity index is 1430. The van der Waals surface area contributed by atoms with Gasteiger partial charge in [0.15, 0.2) is 5.67 Å². The molecule has 2 aliphatic heterocycles. The minimum atomic E-state index is -1.67. The molecular weight excluding hydrogens is 452 g/mol. The Hall–Kier alpha value is -3.62. The number of aromatic nitrogens is 2. The second-order valence-electron chi connectivity index (χ2n) is 10.3. The fourth-order valence-corrected chi connectivity index (χ4v) is 5.19. The van der Waals surface area contributed by atoms with E-state index in [0.29, 0.717) is 56.7 Å². The Balaban J connectivity index is 1.13. The third-order valence-corrected chi connectivity index (χ3v) is 7.68. The van der Waals surface area contributed by atoms with Gasteiger partial charge in [-0.25, -0.2) is 8.78 Å². The van der Waals surface area contributed by atoms with Gasteiger partial charge in [0.25, 0.3) is 11.8 Å². The van der Waals surface area contributed by atoms with E-state index < -0.39 is 22.9 Å². The normalized spacial score (nSPS) is 22.0. The topological polar surface area (TPSA) is 81.7 Å². The molecule has 0 atom stereocenters. The van der Waals surface area contributed by atoms with Crippen LogP contribution < -0.4 is 0 Å². The van der Waals surface area contributed by atoms with Gasteiger partial charge in [0.05, 0.1) is 17.3 Å². The number of benzene rings is 2. The van der Waals surface area contributed by atoms with E-state index in [0.717, 1.165) is 22.0 Å². The van der Waals surface area contributed by atoms with Crippen LogP contribution in [0.15, 0.2) is 47.6 Å². The van der Waals surface area contributed by atoms with Gasteiger partial charge in [0, 0.05) is 30.9 Å². The van der Waals surface area contributed by atoms with E-state index in [2.05, 4.69) is 15.2 Å². The van der Waals surface area contributed by atoms with Gasteiger partial charge < -0.3 is 4.90 Å². The highest BCUT2D eigenvalue weighted by molar-refractivity contribution is 6.16. The number of halogens is 2. The van der Waals surface area contributed by atoms with Crippen LogP contribution in [0.3, 0.4) is 0 Å². The van der Waals surface area contributed by atoms with E-state index in [1.807, 2.05) is 24.3 Å². The van der Waals surface area contributed by atoms with E-state index >= 15 is 4.39 Å². The Morgan fingerprint density at radius 1 is 1.09 bits per heavy atom. The summed E-state index contributed by atoms with van der Waals surface area (Å²) in [6.07, 6.45) is 3.64. The van der Waals surface area contributed by atoms with Crippen molar-refractivity contribution in [2.75, 3.05) is 19.6 Å². The summed E-state index contributed by atoms with van der Waals surface area (Å²) in [5.74, 6) is -0.605. The zero-order valence-electron chi connectivity index (χ0n) is 18.9. The van der Waals surface area contributed by atoms with Gasteiger partial charge in [-0.3, -0.25) is 24.6 Å². The van der Waals surface area contributed by atoms with Crippen LogP contribution in [0.25, 0.3) is 22.0 Å². The van der Waals surface area contributed by atoms with Crippen LogP contribution in [0.4, 0.5) is 8.78 Å². The van der Waals surface area contributed by atoms with Crippen LogP contribution in [0.1, 0.15) is 31.2 Å². The smallest absolute Gasteiger partial charge is 0.260 e. The number of amidine groups is 1. The van der Waals surface area contributed by atoms with Gasteiger partial charge in [-0.15, -0.1) is 0 Å². The van der Waals surface area contributed by atoms with Gasteiger partial charge >= 0.3 is 0 Å². The second-order valence-corrected chi connectivity index (χ2v) is 10.3. The number of carbonyl (C=O) groups excluding carboxylic acids is 2. The van der Waals surface area contributed by atoms with Crippen LogP contribution >= 0.6 is 0 Å². The van der Waals surface area contributed by atoms with Crippen LogP contribution in [0.2, 0.25) is 0 Å². The third-order valence-electron chi connectivity index (χ3n) is 7.68. The largest absolute Gasteiger partial charge is 0.339 e.